The van der Waals surface area contributed by atoms with E-state index in [1.54, 1.807) is 6.08 Å². The Hall–Kier alpha value is -2.06. The summed E-state index contributed by atoms with van der Waals surface area (Å²) in [5.41, 5.74) is 0. The van der Waals surface area contributed by atoms with Crippen LogP contribution in [0, 0.1) is 0 Å². The number of phosphoric acid groups is 1. The van der Waals surface area contributed by atoms with E-state index in [0.717, 1.165) is 77.0 Å². The number of hydrogen-bond donors (Lipinski definition) is 2. The van der Waals surface area contributed by atoms with Crippen molar-refractivity contribution in [2.24, 2.45) is 0 Å². The second kappa shape index (κ2) is 36.6. The van der Waals surface area contributed by atoms with Crippen LogP contribution in [0.3, 0.4) is 0 Å². The summed E-state index contributed by atoms with van der Waals surface area (Å²) >= 11 is 0. The average Bonchev–Trinajstić information content (AvgIpc) is 3.12. The van der Waals surface area contributed by atoms with Crippen LogP contribution in [0.2, 0.25) is 0 Å². The number of unbranched alkanes of at least 4 members (excludes halogenated alkanes) is 14. The third kappa shape index (κ3) is 38.2. The van der Waals surface area contributed by atoms with Crippen LogP contribution in [-0.2, 0) is 18.4 Å². The first kappa shape index (κ1) is 51.9. The first-order chi connectivity index (χ1) is 26.0. The van der Waals surface area contributed by atoms with Crippen LogP contribution in [0.15, 0.2) is 72.9 Å². The van der Waals surface area contributed by atoms with E-state index in [1.165, 1.54) is 57.8 Å². The minimum Gasteiger partial charge on any atom is -0.756 e. The zero-order chi connectivity index (χ0) is 40.0. The lowest BCUT2D eigenvalue weighted by atomic mass is 10.1. The van der Waals surface area contributed by atoms with Crippen molar-refractivity contribution in [1.29, 1.82) is 0 Å². The molecule has 1 amide bonds. The van der Waals surface area contributed by atoms with Crippen LogP contribution in [0.4, 0.5) is 0 Å². The third-order valence-electron chi connectivity index (χ3n) is 8.90. The normalized spacial score (nSPS) is 15.2. The quantitative estimate of drug-likeness (QED) is 0.0281. The number of nitrogens with one attached hydrogen (secondary N) is 1. The monoisotopic (exact) mass is 777 g/mol. The molecule has 2 N–H and O–H groups in total. The minimum absolute atomic E-state index is 0.0132. The van der Waals surface area contributed by atoms with Crippen LogP contribution in [0.1, 0.15) is 155 Å². The van der Waals surface area contributed by atoms with Gasteiger partial charge in [0.15, 0.2) is 0 Å². The highest BCUT2D eigenvalue weighted by Gasteiger charge is 2.23. The summed E-state index contributed by atoms with van der Waals surface area (Å²) < 4.78 is 23.1. The van der Waals surface area contributed by atoms with Gasteiger partial charge in [-0.15, -0.1) is 0 Å². The lowest BCUT2D eigenvalue weighted by molar-refractivity contribution is -0.870. The predicted octanol–water partition coefficient (Wildman–Crippen LogP) is 11.0. The Morgan fingerprint density at radius 1 is 0.667 bits per heavy atom. The van der Waals surface area contributed by atoms with Crippen LogP contribution in [-0.4, -0.2) is 68.5 Å². The molecule has 3 atom stereocenters. The number of aliphatic hydroxyl groups is 1. The predicted molar refractivity (Wildman–Crippen MR) is 228 cm³/mol. The molecule has 0 aromatic heterocycles. The Bertz CT molecular complexity index is 1110. The van der Waals surface area contributed by atoms with E-state index in [0.29, 0.717) is 17.4 Å². The van der Waals surface area contributed by atoms with Gasteiger partial charge in [-0.2, -0.15) is 0 Å². The summed E-state index contributed by atoms with van der Waals surface area (Å²) in [7, 11) is 1.22. The fourth-order valence-electron chi connectivity index (χ4n) is 5.51. The number of allylic oxidation sites excluding steroid dienone is 11. The topological polar surface area (TPSA) is 108 Å². The second-order valence-corrected chi connectivity index (χ2v) is 16.7. The fraction of sp³-hybridized carbons (Fsp3) is 0.711. The molecule has 0 spiro atoms. The number of amides is 1. The first-order valence-corrected chi connectivity index (χ1v) is 22.8. The number of hydrogen-bond acceptors (Lipinski definition) is 6. The van der Waals surface area contributed by atoms with Crippen molar-refractivity contribution in [3.8, 4) is 0 Å². The highest BCUT2D eigenvalue weighted by Crippen LogP contribution is 2.38. The minimum atomic E-state index is -4.60. The molecule has 3 unspecified atom stereocenters. The number of carbonyl (C=O) groups is 1. The molecule has 0 aliphatic heterocycles. The van der Waals surface area contributed by atoms with Crippen molar-refractivity contribution < 1.29 is 32.9 Å². The number of rotatable bonds is 37. The van der Waals surface area contributed by atoms with Crippen LogP contribution in [0.25, 0.3) is 0 Å². The maximum absolute atomic E-state index is 12.8. The first-order valence-electron chi connectivity index (χ1n) is 21.3. The van der Waals surface area contributed by atoms with Gasteiger partial charge in [0.25, 0.3) is 7.82 Å². The summed E-state index contributed by atoms with van der Waals surface area (Å²) in [5, 5.41) is 13.7. The molecule has 312 valence electrons. The second-order valence-electron chi connectivity index (χ2n) is 15.3. The molecule has 0 bridgehead atoms. The molecule has 8 nitrogen and oxygen atoms in total. The number of phosphoric ester groups is 1. The Labute approximate surface area is 332 Å². The van der Waals surface area contributed by atoms with E-state index in [1.807, 2.05) is 27.2 Å². The SMILES string of the molecule is CC/C=C\C/C=C\C/C=C\C/C=C\CCCCCCCCC(=O)NC(COP(=O)([O-])OCC[N+](C)(C)C)C(O)/C=C/CC/C=C/CCCCCCCCC. The third-order valence-corrected chi connectivity index (χ3v) is 9.86. The van der Waals surface area contributed by atoms with Gasteiger partial charge in [0.1, 0.15) is 13.2 Å². The average molecular weight is 777 g/mol. The number of likely N-dealkylation sites (N-methyl/N-ethyl adjacent to an activating group) is 1. The molecular weight excluding hydrogens is 695 g/mol. The summed E-state index contributed by atoms with van der Waals surface area (Å²) in [5.74, 6) is -0.227. The molecule has 0 saturated carbocycles. The smallest absolute Gasteiger partial charge is 0.268 e. The van der Waals surface area contributed by atoms with Gasteiger partial charge in [0.05, 0.1) is 39.9 Å². The van der Waals surface area contributed by atoms with Gasteiger partial charge in [-0.25, -0.2) is 0 Å². The Morgan fingerprint density at radius 2 is 1.15 bits per heavy atom. The molecule has 0 heterocycles. The number of quaternary nitrogens is 1. The molecule has 0 aliphatic rings. The van der Waals surface area contributed by atoms with Crippen molar-refractivity contribution in [2.45, 2.75) is 167 Å². The lowest BCUT2D eigenvalue weighted by Gasteiger charge is -2.29. The Kier molecular flexibility index (Phi) is 35.2. The van der Waals surface area contributed by atoms with E-state index in [-0.39, 0.29) is 12.5 Å². The number of nitrogens with zero attached hydrogens (tertiary/aromatic N) is 1. The lowest BCUT2D eigenvalue weighted by Crippen LogP contribution is -2.45. The number of carbonyl (C=O) groups excluding carboxylic acids is 1. The summed E-state index contributed by atoms with van der Waals surface area (Å²) in [6, 6.07) is -0.913. The maximum Gasteiger partial charge on any atom is 0.268 e. The molecule has 0 aromatic carbocycles. The van der Waals surface area contributed by atoms with E-state index >= 15 is 0 Å². The maximum atomic E-state index is 12.8. The summed E-state index contributed by atoms with van der Waals surface area (Å²) in [4.78, 5) is 25.2. The van der Waals surface area contributed by atoms with Crippen molar-refractivity contribution in [3.63, 3.8) is 0 Å². The Balaban J connectivity index is 4.52. The molecule has 54 heavy (non-hydrogen) atoms. The van der Waals surface area contributed by atoms with E-state index < -0.39 is 26.6 Å². The van der Waals surface area contributed by atoms with Gasteiger partial charge < -0.3 is 28.8 Å². The van der Waals surface area contributed by atoms with Crippen LogP contribution < -0.4 is 10.2 Å². The standard InChI is InChI=1S/C45H81N2O6P/c1-6-8-10-12-14-16-18-20-21-22-23-24-25-27-29-31-33-35-37-39-45(49)46-43(42-53-54(50,51)52-41-40-47(3,4)5)44(48)38-36-34-32-30-28-26-19-17-15-13-11-9-7-2/h8,10,14,16,20-21,23-24,28,30,36,38,43-44,48H,6-7,9,11-13,15,17-19,22,25-27,29,31-35,37,39-42H2,1-5H3,(H-,46,49,50,51)/b10-8-,16-14-,21-20-,24-23-,30-28+,38-36+. The largest absolute Gasteiger partial charge is 0.756 e. The van der Waals surface area contributed by atoms with Crippen molar-refractivity contribution in [3.05, 3.63) is 72.9 Å². The summed E-state index contributed by atoms with van der Waals surface area (Å²) in [6.07, 6.45) is 48.0. The van der Waals surface area contributed by atoms with E-state index in [2.05, 4.69) is 79.9 Å². The zero-order valence-corrected chi connectivity index (χ0v) is 36.0. The number of aliphatic hydroxyl groups excluding tert-OH is 1. The van der Waals surface area contributed by atoms with Crippen molar-refractivity contribution >= 4 is 13.7 Å². The van der Waals surface area contributed by atoms with E-state index in [4.69, 9.17) is 9.05 Å². The highest BCUT2D eigenvalue weighted by molar-refractivity contribution is 7.45. The van der Waals surface area contributed by atoms with Crippen LogP contribution in [0.5, 0.6) is 0 Å². The molecule has 9 heteroatoms. The van der Waals surface area contributed by atoms with Gasteiger partial charge in [0.2, 0.25) is 5.91 Å². The van der Waals surface area contributed by atoms with Gasteiger partial charge in [0, 0.05) is 6.42 Å². The molecule has 0 aliphatic carbocycles. The van der Waals surface area contributed by atoms with E-state index in [9.17, 15) is 19.4 Å². The van der Waals surface area contributed by atoms with Crippen LogP contribution >= 0.6 is 7.82 Å². The van der Waals surface area contributed by atoms with Gasteiger partial charge in [-0.05, 0) is 70.6 Å². The fourth-order valence-corrected chi connectivity index (χ4v) is 6.23. The van der Waals surface area contributed by atoms with Crippen molar-refractivity contribution in [2.75, 3.05) is 40.9 Å². The molecule has 0 aromatic rings. The highest BCUT2D eigenvalue weighted by atomic mass is 31.2. The molecule has 0 fully saturated rings. The van der Waals surface area contributed by atoms with Crippen molar-refractivity contribution in [1.82, 2.24) is 5.32 Å². The molecule has 0 saturated heterocycles. The van der Waals surface area contributed by atoms with Gasteiger partial charge in [-0.3, -0.25) is 9.36 Å². The molecular formula is C45H81N2O6P. The van der Waals surface area contributed by atoms with Gasteiger partial charge in [-0.1, -0.05) is 151 Å². The van der Waals surface area contributed by atoms with Gasteiger partial charge >= 0.3 is 0 Å². The Morgan fingerprint density at radius 3 is 1.72 bits per heavy atom. The zero-order valence-electron chi connectivity index (χ0n) is 35.1. The molecule has 0 rings (SSSR count). The molecule has 0 radical (unpaired) electrons. The summed E-state index contributed by atoms with van der Waals surface area (Å²) in [6.45, 7) is 4.46.